The third-order valence-electron chi connectivity index (χ3n) is 10.2. The maximum Gasteiger partial charge on any atom is 0.0490 e. The second-order valence-corrected chi connectivity index (χ2v) is 13.8. The zero-order valence-corrected chi connectivity index (χ0v) is 28.9. The minimum atomic E-state index is 1.16. The Morgan fingerprint density at radius 1 is 0.300 bits per heavy atom. The maximum atomic E-state index is 2.39. The number of nitrogens with zero attached hydrogens (tertiary/aromatic N) is 2. The molecule has 8 aromatic carbocycles. The summed E-state index contributed by atoms with van der Waals surface area (Å²) < 4.78 is 0. The highest BCUT2D eigenvalue weighted by atomic mass is 15.1. The van der Waals surface area contributed by atoms with Gasteiger partial charge in [-0.05, 0) is 179 Å². The number of benzene rings is 8. The van der Waals surface area contributed by atoms with Gasteiger partial charge in [0.05, 0.1) is 0 Å². The van der Waals surface area contributed by atoms with Crippen LogP contribution in [0.2, 0.25) is 0 Å². The highest BCUT2D eigenvalue weighted by molar-refractivity contribution is 6.12. The molecule has 240 valence electrons. The lowest BCUT2D eigenvalue weighted by Crippen LogP contribution is -2.11. The number of rotatable bonds is 6. The summed E-state index contributed by atoms with van der Waals surface area (Å²) in [5, 5.41) is 5.01. The van der Waals surface area contributed by atoms with E-state index in [-0.39, 0.29) is 0 Å². The van der Waals surface area contributed by atoms with Crippen molar-refractivity contribution in [3.05, 3.63) is 180 Å². The Morgan fingerprint density at radius 2 is 0.680 bits per heavy atom. The molecule has 8 aromatic rings. The molecule has 0 aliphatic heterocycles. The van der Waals surface area contributed by atoms with Crippen molar-refractivity contribution < 1.29 is 0 Å². The Morgan fingerprint density at radius 3 is 1.08 bits per heavy atom. The van der Waals surface area contributed by atoms with E-state index >= 15 is 0 Å². The smallest absolute Gasteiger partial charge is 0.0490 e. The Labute approximate surface area is 294 Å². The Hall–Kier alpha value is -6.12. The molecule has 2 nitrogen and oxygen atoms in total. The summed E-state index contributed by atoms with van der Waals surface area (Å²) in [6, 6.07) is 58.2. The fraction of sp³-hybridized carbons (Fsp3) is 0.0833. The lowest BCUT2D eigenvalue weighted by Gasteiger charge is -2.29. The predicted molar refractivity (Wildman–Crippen MR) is 214 cm³/mol. The van der Waals surface area contributed by atoms with Crippen LogP contribution >= 0.6 is 0 Å². The molecule has 0 unspecified atom stereocenters. The molecule has 0 atom stereocenters. The molecule has 0 saturated heterocycles. The van der Waals surface area contributed by atoms with Crippen LogP contribution in [0.5, 0.6) is 0 Å². The van der Waals surface area contributed by atoms with Gasteiger partial charge in [-0.25, -0.2) is 0 Å². The van der Waals surface area contributed by atoms with Crippen LogP contribution in [0.1, 0.15) is 22.3 Å². The van der Waals surface area contributed by atoms with E-state index in [0.29, 0.717) is 0 Å². The van der Waals surface area contributed by atoms with Crippen molar-refractivity contribution in [2.75, 3.05) is 9.80 Å². The molecule has 0 saturated carbocycles. The van der Waals surface area contributed by atoms with Gasteiger partial charge >= 0.3 is 0 Å². The highest BCUT2D eigenvalue weighted by Gasteiger charge is 2.25. The number of hydrogen-bond donors (Lipinski definition) is 0. The highest BCUT2D eigenvalue weighted by Crippen LogP contribution is 2.51. The number of hydrogen-bond acceptors (Lipinski definition) is 2. The van der Waals surface area contributed by atoms with E-state index in [1.165, 1.54) is 88.8 Å². The van der Waals surface area contributed by atoms with E-state index in [9.17, 15) is 0 Å². The molecule has 0 N–H and O–H groups in total. The van der Waals surface area contributed by atoms with Crippen molar-refractivity contribution in [3.8, 4) is 22.3 Å². The third kappa shape index (κ3) is 5.04. The van der Waals surface area contributed by atoms with E-state index in [4.69, 9.17) is 0 Å². The lowest BCUT2D eigenvalue weighted by atomic mass is 9.78. The Kier molecular flexibility index (Phi) is 7.07. The summed E-state index contributed by atoms with van der Waals surface area (Å²) in [5.74, 6) is 0. The minimum absolute atomic E-state index is 1.16. The largest absolute Gasteiger partial charge is 0.310 e. The summed E-state index contributed by atoms with van der Waals surface area (Å²) >= 11 is 0. The van der Waals surface area contributed by atoms with Crippen molar-refractivity contribution >= 4 is 55.7 Å². The fourth-order valence-corrected chi connectivity index (χ4v) is 7.69. The average molecular weight is 643 g/mol. The van der Waals surface area contributed by atoms with Crippen molar-refractivity contribution in [2.24, 2.45) is 0 Å². The van der Waals surface area contributed by atoms with Gasteiger partial charge in [0.2, 0.25) is 0 Å². The maximum absolute atomic E-state index is 2.39. The first kappa shape index (κ1) is 30.0. The molecule has 1 aliphatic rings. The first-order valence-electron chi connectivity index (χ1n) is 17.4. The third-order valence-corrected chi connectivity index (χ3v) is 10.2. The minimum Gasteiger partial charge on any atom is -0.310 e. The average Bonchev–Trinajstić information content (AvgIpc) is 3.12. The van der Waals surface area contributed by atoms with Gasteiger partial charge in [0.1, 0.15) is 0 Å². The van der Waals surface area contributed by atoms with Crippen LogP contribution in [-0.4, -0.2) is 0 Å². The second-order valence-electron chi connectivity index (χ2n) is 13.8. The number of fused-ring (bicyclic) bond motifs is 6. The van der Waals surface area contributed by atoms with Crippen molar-refractivity contribution in [1.29, 1.82) is 0 Å². The molecule has 50 heavy (non-hydrogen) atoms. The summed E-state index contributed by atoms with van der Waals surface area (Å²) in [7, 11) is 0. The number of anilines is 6. The van der Waals surface area contributed by atoms with Crippen LogP contribution in [-0.2, 0) is 0 Å². The van der Waals surface area contributed by atoms with Crippen LogP contribution < -0.4 is 9.80 Å². The molecule has 2 heteroatoms. The SMILES string of the molecule is Cc1cccc(N(c2ccc3cc4c(cc3c2)-c2cc3cc(N(c5cccc(C)c5)c5ccccc5C)ccc3cc2-4)c2ccccc2C)c1. The molecule has 0 amide bonds. The summed E-state index contributed by atoms with van der Waals surface area (Å²) in [6.45, 7) is 8.70. The predicted octanol–water partition coefficient (Wildman–Crippen LogP) is 13.8. The monoisotopic (exact) mass is 642 g/mol. The van der Waals surface area contributed by atoms with E-state index in [1.54, 1.807) is 0 Å². The lowest BCUT2D eigenvalue weighted by molar-refractivity contribution is 1.24. The van der Waals surface area contributed by atoms with E-state index in [1.807, 2.05) is 0 Å². The van der Waals surface area contributed by atoms with Crippen LogP contribution in [0, 0.1) is 27.7 Å². The van der Waals surface area contributed by atoms with Gasteiger partial charge in [-0.15, -0.1) is 0 Å². The van der Waals surface area contributed by atoms with Crippen LogP contribution in [0.15, 0.2) is 158 Å². The summed E-state index contributed by atoms with van der Waals surface area (Å²) in [4.78, 5) is 4.77. The van der Waals surface area contributed by atoms with Gasteiger partial charge in [0.25, 0.3) is 0 Å². The summed E-state index contributed by atoms with van der Waals surface area (Å²) in [6.07, 6.45) is 0. The molecular formula is C48H38N2. The van der Waals surface area contributed by atoms with Crippen LogP contribution in [0.25, 0.3) is 43.8 Å². The normalized spacial score (nSPS) is 11.6. The zero-order chi connectivity index (χ0) is 33.9. The van der Waals surface area contributed by atoms with Crippen molar-refractivity contribution in [3.63, 3.8) is 0 Å². The van der Waals surface area contributed by atoms with E-state index in [0.717, 1.165) is 11.4 Å². The molecule has 0 aromatic heterocycles. The Bertz CT molecular complexity index is 2430. The van der Waals surface area contributed by atoms with Crippen molar-refractivity contribution in [1.82, 2.24) is 0 Å². The molecular weight excluding hydrogens is 605 g/mol. The van der Waals surface area contributed by atoms with Crippen LogP contribution in [0.3, 0.4) is 0 Å². The fourth-order valence-electron chi connectivity index (χ4n) is 7.69. The van der Waals surface area contributed by atoms with Crippen molar-refractivity contribution in [2.45, 2.75) is 27.7 Å². The molecule has 0 radical (unpaired) electrons. The van der Waals surface area contributed by atoms with E-state index < -0.39 is 0 Å². The molecule has 0 spiro atoms. The molecule has 1 aliphatic carbocycles. The van der Waals surface area contributed by atoms with Gasteiger partial charge < -0.3 is 9.80 Å². The second kappa shape index (κ2) is 11.8. The van der Waals surface area contributed by atoms with Gasteiger partial charge in [0.15, 0.2) is 0 Å². The first-order valence-corrected chi connectivity index (χ1v) is 17.4. The van der Waals surface area contributed by atoms with E-state index in [2.05, 4.69) is 195 Å². The number of para-hydroxylation sites is 2. The first-order chi connectivity index (χ1) is 24.4. The van der Waals surface area contributed by atoms with Gasteiger partial charge in [-0.1, -0.05) is 72.8 Å². The topological polar surface area (TPSA) is 6.48 Å². The molecule has 0 bridgehead atoms. The summed E-state index contributed by atoms with van der Waals surface area (Å²) in [5.41, 5.74) is 17.3. The molecule has 9 rings (SSSR count). The quantitative estimate of drug-likeness (QED) is 0.178. The van der Waals surface area contributed by atoms with Gasteiger partial charge in [-0.2, -0.15) is 0 Å². The molecule has 0 fully saturated rings. The van der Waals surface area contributed by atoms with Gasteiger partial charge in [0, 0.05) is 34.1 Å². The number of aryl methyl sites for hydroxylation is 4. The molecule has 0 heterocycles. The van der Waals surface area contributed by atoms with Crippen LogP contribution in [0.4, 0.5) is 34.1 Å². The van der Waals surface area contributed by atoms with Gasteiger partial charge in [-0.3, -0.25) is 0 Å². The standard InChI is InChI=1S/C48H38N2/c1-31-11-9-15-39(23-31)49(47-17-7-5-13-33(47)3)41-21-19-35-27-43-44-28-36-20-22-42(26-38(36)30-46(44)45(43)29-37(35)25-41)50(40-16-10-12-32(2)24-40)48-18-8-6-14-34(48)4/h5-30H,1-4H3. The Balaban J connectivity index is 1.14. The zero-order valence-electron chi connectivity index (χ0n) is 28.9.